The van der Waals surface area contributed by atoms with Gasteiger partial charge >= 0.3 is 0 Å². The van der Waals surface area contributed by atoms with Crippen molar-refractivity contribution in [2.45, 2.75) is 37.9 Å². The van der Waals surface area contributed by atoms with Crippen molar-refractivity contribution in [1.82, 2.24) is 9.88 Å². The van der Waals surface area contributed by atoms with Crippen LogP contribution in [0.2, 0.25) is 0 Å². The summed E-state index contributed by atoms with van der Waals surface area (Å²) in [6, 6.07) is 8.58. The second kappa shape index (κ2) is 6.67. The molecule has 1 aromatic heterocycles. The summed E-state index contributed by atoms with van der Waals surface area (Å²) in [7, 11) is 3.58. The SMILES string of the molecule is CN(C)C(=O)[C@H]1CC[C@@H](C2CCN(c3nc4ccccc4o3)CC2)O1. The standard InChI is InChI=1S/C19H25N3O3/c1-21(2)18(23)17-8-7-15(24-17)13-9-11-22(12-10-13)19-20-14-5-3-4-6-16(14)25-19/h3-6,13,15,17H,7-12H2,1-2H3/t15-,17+/m0/s1. The first-order chi connectivity index (χ1) is 12.1. The van der Waals surface area contributed by atoms with E-state index in [4.69, 9.17) is 9.15 Å². The smallest absolute Gasteiger partial charge is 0.298 e. The van der Waals surface area contributed by atoms with Crippen LogP contribution in [0, 0.1) is 5.92 Å². The Labute approximate surface area is 147 Å². The van der Waals surface area contributed by atoms with Crippen molar-refractivity contribution in [3.8, 4) is 0 Å². The fraction of sp³-hybridized carbons (Fsp3) is 0.579. The Kier molecular flexibility index (Phi) is 4.37. The van der Waals surface area contributed by atoms with Crippen molar-refractivity contribution >= 4 is 23.0 Å². The molecule has 0 bridgehead atoms. The molecule has 4 rings (SSSR count). The molecule has 134 valence electrons. The maximum absolute atomic E-state index is 12.1. The number of hydrogen-bond acceptors (Lipinski definition) is 5. The average molecular weight is 343 g/mol. The highest BCUT2D eigenvalue weighted by molar-refractivity contribution is 5.80. The number of likely N-dealkylation sites (N-methyl/N-ethyl adjacent to an activating group) is 1. The van der Waals surface area contributed by atoms with Gasteiger partial charge in [-0.3, -0.25) is 4.79 Å². The van der Waals surface area contributed by atoms with Gasteiger partial charge in [-0.15, -0.1) is 0 Å². The zero-order valence-electron chi connectivity index (χ0n) is 14.9. The number of ether oxygens (including phenoxy) is 1. The lowest BCUT2D eigenvalue weighted by Gasteiger charge is -2.33. The van der Waals surface area contributed by atoms with E-state index in [0.717, 1.165) is 49.9 Å². The van der Waals surface area contributed by atoms with Crippen molar-refractivity contribution < 1.29 is 13.9 Å². The number of nitrogens with zero attached hydrogens (tertiary/aromatic N) is 3. The van der Waals surface area contributed by atoms with Gasteiger partial charge < -0.3 is 19.0 Å². The van der Waals surface area contributed by atoms with E-state index in [9.17, 15) is 4.79 Å². The van der Waals surface area contributed by atoms with Gasteiger partial charge in [0.15, 0.2) is 5.58 Å². The van der Waals surface area contributed by atoms with Gasteiger partial charge in [0.1, 0.15) is 11.6 Å². The molecule has 0 unspecified atom stereocenters. The molecule has 2 atom stereocenters. The van der Waals surface area contributed by atoms with Crippen LogP contribution in [0.4, 0.5) is 6.01 Å². The predicted molar refractivity (Wildman–Crippen MR) is 95.5 cm³/mol. The third kappa shape index (κ3) is 3.23. The monoisotopic (exact) mass is 343 g/mol. The average Bonchev–Trinajstić information content (AvgIpc) is 3.28. The molecule has 3 heterocycles. The van der Waals surface area contributed by atoms with Crippen LogP contribution in [-0.2, 0) is 9.53 Å². The minimum atomic E-state index is -0.255. The van der Waals surface area contributed by atoms with Gasteiger partial charge in [-0.05, 0) is 43.7 Å². The minimum Gasteiger partial charge on any atom is -0.423 e. The summed E-state index contributed by atoms with van der Waals surface area (Å²) in [5, 5.41) is 0. The normalized spacial score (nSPS) is 24.8. The summed E-state index contributed by atoms with van der Waals surface area (Å²) in [5.41, 5.74) is 1.74. The molecule has 6 nitrogen and oxygen atoms in total. The maximum atomic E-state index is 12.1. The number of rotatable bonds is 3. The first-order valence-corrected chi connectivity index (χ1v) is 9.09. The van der Waals surface area contributed by atoms with E-state index >= 15 is 0 Å². The van der Waals surface area contributed by atoms with Crippen molar-refractivity contribution in [1.29, 1.82) is 0 Å². The summed E-state index contributed by atoms with van der Waals surface area (Å²) < 4.78 is 11.9. The summed E-state index contributed by atoms with van der Waals surface area (Å²) in [4.78, 5) is 20.5. The highest BCUT2D eigenvalue weighted by atomic mass is 16.5. The van der Waals surface area contributed by atoms with Crippen LogP contribution in [-0.4, -0.2) is 55.2 Å². The molecule has 0 spiro atoms. The molecule has 2 aliphatic heterocycles. The minimum absolute atomic E-state index is 0.0893. The molecular formula is C19H25N3O3. The molecule has 0 saturated carbocycles. The quantitative estimate of drug-likeness (QED) is 0.857. The highest BCUT2D eigenvalue weighted by Crippen LogP contribution is 2.34. The molecule has 0 aliphatic carbocycles. The van der Waals surface area contributed by atoms with E-state index in [1.165, 1.54) is 0 Å². The number of piperidine rings is 1. The van der Waals surface area contributed by atoms with E-state index < -0.39 is 0 Å². The molecule has 1 aromatic carbocycles. The number of amides is 1. The topological polar surface area (TPSA) is 58.8 Å². The molecule has 2 aromatic rings. The molecule has 6 heteroatoms. The molecular weight excluding hydrogens is 318 g/mol. The molecule has 2 aliphatic rings. The van der Waals surface area contributed by atoms with Crippen LogP contribution in [0.5, 0.6) is 0 Å². The lowest BCUT2D eigenvalue weighted by Crippen LogP contribution is -2.39. The molecule has 25 heavy (non-hydrogen) atoms. The second-order valence-electron chi connectivity index (χ2n) is 7.26. The predicted octanol–water partition coefficient (Wildman–Crippen LogP) is 2.68. The second-order valence-corrected chi connectivity index (χ2v) is 7.26. The summed E-state index contributed by atoms with van der Waals surface area (Å²) in [6.45, 7) is 1.84. The van der Waals surface area contributed by atoms with Crippen molar-refractivity contribution in [3.05, 3.63) is 24.3 Å². The van der Waals surface area contributed by atoms with Gasteiger partial charge in [-0.25, -0.2) is 0 Å². The summed E-state index contributed by atoms with van der Waals surface area (Å²) in [6.07, 6.45) is 3.87. The fourth-order valence-electron chi connectivity index (χ4n) is 3.94. The first-order valence-electron chi connectivity index (χ1n) is 9.09. The maximum Gasteiger partial charge on any atom is 0.298 e. The van der Waals surface area contributed by atoms with Crippen LogP contribution >= 0.6 is 0 Å². The van der Waals surface area contributed by atoms with Crippen molar-refractivity contribution in [3.63, 3.8) is 0 Å². The van der Waals surface area contributed by atoms with E-state index in [0.29, 0.717) is 11.9 Å². The van der Waals surface area contributed by atoms with Crippen LogP contribution in [0.1, 0.15) is 25.7 Å². The number of benzene rings is 1. The van der Waals surface area contributed by atoms with Gasteiger partial charge in [0.05, 0.1) is 6.10 Å². The largest absolute Gasteiger partial charge is 0.423 e. The number of carbonyl (C=O) groups excluding carboxylic acids is 1. The van der Waals surface area contributed by atoms with Crippen LogP contribution in [0.25, 0.3) is 11.1 Å². The number of carbonyl (C=O) groups is 1. The number of anilines is 1. The van der Waals surface area contributed by atoms with Gasteiger partial charge in [-0.1, -0.05) is 12.1 Å². The Morgan fingerprint density at radius 1 is 1.16 bits per heavy atom. The Hall–Kier alpha value is -2.08. The Balaban J connectivity index is 1.35. The Bertz CT molecular complexity index is 716. The van der Waals surface area contributed by atoms with Crippen LogP contribution in [0.15, 0.2) is 28.7 Å². The number of hydrogen-bond donors (Lipinski definition) is 0. The third-order valence-electron chi connectivity index (χ3n) is 5.39. The number of fused-ring (bicyclic) bond motifs is 1. The summed E-state index contributed by atoms with van der Waals surface area (Å²) >= 11 is 0. The zero-order valence-corrected chi connectivity index (χ0v) is 14.9. The molecule has 1 amide bonds. The molecule has 2 saturated heterocycles. The first kappa shape index (κ1) is 16.4. The summed E-state index contributed by atoms with van der Waals surface area (Å²) in [5.74, 6) is 0.604. The van der Waals surface area contributed by atoms with Gasteiger partial charge in [0.2, 0.25) is 0 Å². The van der Waals surface area contributed by atoms with Crippen LogP contribution < -0.4 is 4.90 Å². The Morgan fingerprint density at radius 3 is 2.64 bits per heavy atom. The third-order valence-corrected chi connectivity index (χ3v) is 5.39. The van der Waals surface area contributed by atoms with Gasteiger partial charge in [0, 0.05) is 27.2 Å². The molecule has 2 fully saturated rings. The van der Waals surface area contributed by atoms with Crippen molar-refractivity contribution in [2.75, 3.05) is 32.1 Å². The lowest BCUT2D eigenvalue weighted by molar-refractivity contribution is -0.141. The van der Waals surface area contributed by atoms with E-state index in [-0.39, 0.29) is 18.1 Å². The Morgan fingerprint density at radius 2 is 1.92 bits per heavy atom. The van der Waals surface area contributed by atoms with Gasteiger partial charge in [0.25, 0.3) is 11.9 Å². The lowest BCUT2D eigenvalue weighted by atomic mass is 9.90. The van der Waals surface area contributed by atoms with Crippen molar-refractivity contribution in [2.24, 2.45) is 5.92 Å². The van der Waals surface area contributed by atoms with E-state index in [1.54, 1.807) is 19.0 Å². The number of para-hydroxylation sites is 2. The zero-order chi connectivity index (χ0) is 17.4. The van der Waals surface area contributed by atoms with E-state index in [2.05, 4.69) is 9.88 Å². The van der Waals surface area contributed by atoms with Crippen LogP contribution in [0.3, 0.4) is 0 Å². The van der Waals surface area contributed by atoms with E-state index in [1.807, 2.05) is 24.3 Å². The number of oxazole rings is 1. The molecule has 0 N–H and O–H groups in total. The molecule has 0 radical (unpaired) electrons. The fourth-order valence-corrected chi connectivity index (χ4v) is 3.94. The number of aromatic nitrogens is 1. The highest BCUT2D eigenvalue weighted by Gasteiger charge is 2.37. The van der Waals surface area contributed by atoms with Gasteiger partial charge in [-0.2, -0.15) is 4.98 Å².